The van der Waals surface area contributed by atoms with Crippen molar-refractivity contribution >= 4 is 27.7 Å². The summed E-state index contributed by atoms with van der Waals surface area (Å²) in [5, 5.41) is 3.01. The summed E-state index contributed by atoms with van der Waals surface area (Å²) in [6.07, 6.45) is 5.13. The van der Waals surface area contributed by atoms with E-state index < -0.39 is 7.92 Å². The molecular weight excluding hydrogens is 494 g/mol. The fraction of sp³-hybridized carbons (Fsp3) is 0.333. The molecule has 0 saturated heterocycles. The molecule has 122 valence electrons. The van der Waals surface area contributed by atoms with Crippen LogP contribution >= 0.6 is 17.1 Å². The molecule has 0 bridgehead atoms. The van der Waals surface area contributed by atoms with Crippen molar-refractivity contribution in [3.8, 4) is 0 Å². The van der Waals surface area contributed by atoms with Crippen molar-refractivity contribution in [2.24, 2.45) is 5.73 Å². The quantitative estimate of drug-likeness (QED) is 0.487. The van der Waals surface area contributed by atoms with E-state index in [1.54, 1.807) is 20.0 Å². The van der Waals surface area contributed by atoms with Crippen LogP contribution in [0.3, 0.4) is 0 Å². The van der Waals surface area contributed by atoms with Gasteiger partial charge in [-0.2, -0.15) is 0 Å². The molecule has 0 radical (unpaired) electrons. The SMILES string of the molecule is N[C@@H]1CCCC[C@H]1[PH+](c1ccccc1)c1ccccc1.[Cl][Au]. The summed E-state index contributed by atoms with van der Waals surface area (Å²) >= 11 is 1.75. The van der Waals surface area contributed by atoms with Crippen LogP contribution in [-0.2, 0) is 20.0 Å². The molecule has 0 unspecified atom stereocenters. The van der Waals surface area contributed by atoms with Gasteiger partial charge in [0.25, 0.3) is 0 Å². The van der Waals surface area contributed by atoms with Crippen LogP contribution in [0.15, 0.2) is 60.7 Å². The summed E-state index contributed by atoms with van der Waals surface area (Å²) < 4.78 is 0. The van der Waals surface area contributed by atoms with Gasteiger partial charge in [-0.1, -0.05) is 42.8 Å². The third-order valence-corrected chi connectivity index (χ3v) is 7.73. The maximum atomic E-state index is 6.48. The Balaban J connectivity index is 0.000000847. The van der Waals surface area contributed by atoms with E-state index in [1.807, 2.05) is 0 Å². The van der Waals surface area contributed by atoms with Crippen LogP contribution in [0, 0.1) is 0 Å². The summed E-state index contributed by atoms with van der Waals surface area (Å²) in [5.74, 6) is 0. The van der Waals surface area contributed by atoms with Gasteiger partial charge in [-0.25, -0.2) is 0 Å². The van der Waals surface area contributed by atoms with Crippen molar-refractivity contribution in [2.75, 3.05) is 0 Å². The first kappa shape index (κ1) is 18.2. The molecule has 1 aliphatic carbocycles. The number of hydrogen-bond donors (Lipinski definition) is 1. The van der Waals surface area contributed by atoms with Crippen LogP contribution in [0.25, 0.3) is 0 Å². The Morgan fingerprint density at radius 2 is 1.27 bits per heavy atom. The van der Waals surface area contributed by atoms with Gasteiger partial charge in [-0.05, 0) is 43.5 Å². The van der Waals surface area contributed by atoms with E-state index in [0.717, 1.165) is 0 Å². The van der Waals surface area contributed by atoms with Gasteiger partial charge in [-0.3, -0.25) is 0 Å². The molecule has 2 aromatic carbocycles. The van der Waals surface area contributed by atoms with Gasteiger partial charge in [0.2, 0.25) is 0 Å². The normalized spacial score (nSPS) is 21.1. The van der Waals surface area contributed by atoms with Crippen molar-refractivity contribution in [3.63, 3.8) is 0 Å². The first-order chi connectivity index (χ1) is 10.9. The zero-order chi connectivity index (χ0) is 15.8. The zero-order valence-corrected chi connectivity index (χ0v) is 16.4. The second kappa shape index (κ2) is 9.88. The van der Waals surface area contributed by atoms with E-state index >= 15 is 0 Å². The van der Waals surface area contributed by atoms with Gasteiger partial charge in [0.05, 0.1) is 24.2 Å². The molecule has 1 fully saturated rings. The van der Waals surface area contributed by atoms with Crippen LogP contribution in [-0.4, -0.2) is 11.7 Å². The second-order valence-electron chi connectivity index (χ2n) is 5.70. The summed E-state index contributed by atoms with van der Waals surface area (Å²) in [5.41, 5.74) is 7.15. The summed E-state index contributed by atoms with van der Waals surface area (Å²) in [4.78, 5) is 0. The average molecular weight is 517 g/mol. The van der Waals surface area contributed by atoms with Gasteiger partial charge < -0.3 is 5.73 Å². The molecule has 2 N–H and O–H groups in total. The fourth-order valence-electron chi connectivity index (χ4n) is 3.35. The molecule has 1 saturated carbocycles. The Hall–Kier alpha value is -0.140. The first-order valence-electron chi connectivity index (χ1n) is 7.71. The van der Waals surface area contributed by atoms with Crippen LogP contribution in [0.2, 0.25) is 0 Å². The van der Waals surface area contributed by atoms with Gasteiger partial charge in [-0.15, -0.1) is 0 Å². The Kier molecular flexibility index (Phi) is 8.17. The van der Waals surface area contributed by atoms with Crippen molar-refractivity contribution in [2.45, 2.75) is 37.4 Å². The predicted molar refractivity (Wildman–Crippen MR) is 96.6 cm³/mol. The van der Waals surface area contributed by atoms with E-state index in [2.05, 4.69) is 69.9 Å². The molecule has 1 aliphatic rings. The molecule has 22 heavy (non-hydrogen) atoms. The Labute approximate surface area is 151 Å². The molecule has 0 amide bonds. The molecular formula is C18H23AuClNP+. The summed E-state index contributed by atoms with van der Waals surface area (Å²) in [6.45, 7) is 0. The van der Waals surface area contributed by atoms with Gasteiger partial charge in [0.15, 0.2) is 0 Å². The third-order valence-electron chi connectivity index (χ3n) is 4.36. The Morgan fingerprint density at radius 1 is 0.818 bits per heavy atom. The van der Waals surface area contributed by atoms with Gasteiger partial charge in [0.1, 0.15) is 0 Å². The topological polar surface area (TPSA) is 26.0 Å². The molecule has 3 rings (SSSR count). The van der Waals surface area contributed by atoms with E-state index in [4.69, 9.17) is 5.73 Å². The van der Waals surface area contributed by atoms with E-state index in [0.29, 0.717) is 11.7 Å². The fourth-order valence-corrected chi connectivity index (χ4v) is 6.73. The van der Waals surface area contributed by atoms with Crippen LogP contribution < -0.4 is 16.3 Å². The standard InChI is InChI=1S/C18H22NP.Au.ClH/c19-17-13-7-8-14-18(17)20(15-9-3-1-4-10-15)16-11-5-2-6-12-16;;/h1-6,9-12,17-18H,7-8,13-14,19H2;;1H/q;+1;/t17-,18-;;/m1../s1. The number of nitrogens with two attached hydrogens (primary N) is 1. The first-order valence-corrected chi connectivity index (χ1v) is 12.0. The second-order valence-corrected chi connectivity index (χ2v) is 8.42. The minimum atomic E-state index is -0.774. The van der Waals surface area contributed by atoms with Crippen LogP contribution in [0.1, 0.15) is 25.7 Å². The number of rotatable bonds is 3. The maximum absolute atomic E-state index is 6.48. The summed E-state index contributed by atoms with van der Waals surface area (Å²) in [6, 6.07) is 22.4. The van der Waals surface area contributed by atoms with Crippen molar-refractivity contribution in [3.05, 3.63) is 60.7 Å². The predicted octanol–water partition coefficient (Wildman–Crippen LogP) is 3.81. The average Bonchev–Trinajstić information content (AvgIpc) is 2.61. The van der Waals surface area contributed by atoms with Crippen LogP contribution in [0.4, 0.5) is 0 Å². The minimum absolute atomic E-state index is 0.373. The number of hydrogen-bond acceptors (Lipinski definition) is 1. The monoisotopic (exact) mass is 516 g/mol. The Bertz CT molecular complexity index is 498. The van der Waals surface area contributed by atoms with Crippen molar-refractivity contribution in [1.82, 2.24) is 0 Å². The molecule has 0 aromatic heterocycles. The summed E-state index contributed by atoms with van der Waals surface area (Å²) in [7, 11) is 3.81. The van der Waals surface area contributed by atoms with Gasteiger partial charge >= 0.3 is 29.2 Å². The van der Waals surface area contributed by atoms with Crippen LogP contribution in [0.5, 0.6) is 0 Å². The molecule has 2 atom stereocenters. The molecule has 2 aromatic rings. The molecule has 4 heteroatoms. The molecule has 1 nitrogen and oxygen atoms in total. The van der Waals surface area contributed by atoms with E-state index in [9.17, 15) is 0 Å². The third kappa shape index (κ3) is 4.68. The number of halogens is 1. The van der Waals surface area contributed by atoms with E-state index in [-0.39, 0.29) is 0 Å². The molecule has 0 heterocycles. The van der Waals surface area contributed by atoms with Crippen molar-refractivity contribution < 1.29 is 20.0 Å². The number of benzene rings is 2. The Morgan fingerprint density at radius 3 is 1.73 bits per heavy atom. The van der Waals surface area contributed by atoms with Gasteiger partial charge in [0, 0.05) is 6.04 Å². The molecule has 0 spiro atoms. The molecule has 0 aliphatic heterocycles. The van der Waals surface area contributed by atoms with Crippen molar-refractivity contribution in [1.29, 1.82) is 0 Å². The van der Waals surface area contributed by atoms with E-state index in [1.165, 1.54) is 36.3 Å². The zero-order valence-electron chi connectivity index (χ0n) is 12.5.